The van der Waals surface area contributed by atoms with Crippen LogP contribution in [0.15, 0.2) is 42.5 Å². The monoisotopic (exact) mass is 389 g/mol. The summed E-state index contributed by atoms with van der Waals surface area (Å²) in [6.45, 7) is 3.95. The Morgan fingerprint density at radius 3 is 2.37 bits per heavy atom. The molecule has 7 nitrogen and oxygen atoms in total. The number of para-hydroxylation sites is 1. The molecule has 0 aliphatic carbocycles. The van der Waals surface area contributed by atoms with Crippen LogP contribution in [0.25, 0.3) is 0 Å². The normalized spacial score (nSPS) is 11.7. The van der Waals surface area contributed by atoms with E-state index in [0.29, 0.717) is 22.0 Å². The SMILES string of the molecule is CC(C)CC(CNC(=O)c1ccc(NC(=O)Nc2ccccc2)s1)C(=O)O. The van der Waals surface area contributed by atoms with E-state index in [9.17, 15) is 19.5 Å². The average molecular weight is 389 g/mol. The number of carbonyl (C=O) groups excluding carboxylic acids is 2. The Labute approximate surface area is 161 Å². The lowest BCUT2D eigenvalue weighted by Crippen LogP contribution is -2.33. The van der Waals surface area contributed by atoms with Gasteiger partial charge in [-0.15, -0.1) is 11.3 Å². The van der Waals surface area contributed by atoms with Gasteiger partial charge in [-0.2, -0.15) is 0 Å². The Morgan fingerprint density at radius 2 is 1.74 bits per heavy atom. The number of anilines is 2. The minimum atomic E-state index is -0.921. The first-order chi connectivity index (χ1) is 12.8. The maximum Gasteiger partial charge on any atom is 0.324 e. The van der Waals surface area contributed by atoms with Gasteiger partial charge in [0, 0.05) is 12.2 Å². The van der Waals surface area contributed by atoms with Crippen molar-refractivity contribution >= 4 is 39.9 Å². The van der Waals surface area contributed by atoms with E-state index in [1.807, 2.05) is 32.0 Å². The maximum absolute atomic E-state index is 12.2. The van der Waals surface area contributed by atoms with Crippen molar-refractivity contribution < 1.29 is 19.5 Å². The summed E-state index contributed by atoms with van der Waals surface area (Å²) >= 11 is 1.12. The number of benzene rings is 1. The lowest BCUT2D eigenvalue weighted by atomic mass is 9.97. The molecule has 1 heterocycles. The highest BCUT2D eigenvalue weighted by Crippen LogP contribution is 2.22. The highest BCUT2D eigenvalue weighted by molar-refractivity contribution is 7.18. The van der Waals surface area contributed by atoms with Crippen molar-refractivity contribution in [3.8, 4) is 0 Å². The predicted molar refractivity (Wildman–Crippen MR) is 106 cm³/mol. The predicted octanol–water partition coefficient (Wildman–Crippen LogP) is 3.87. The summed E-state index contributed by atoms with van der Waals surface area (Å²) < 4.78 is 0. The van der Waals surface area contributed by atoms with Gasteiger partial charge in [-0.05, 0) is 36.6 Å². The van der Waals surface area contributed by atoms with Crippen molar-refractivity contribution in [2.75, 3.05) is 17.2 Å². The van der Waals surface area contributed by atoms with Gasteiger partial charge in [0.2, 0.25) is 0 Å². The summed E-state index contributed by atoms with van der Waals surface area (Å²) in [5.74, 6) is -1.67. The molecule has 0 bridgehead atoms. The molecule has 1 unspecified atom stereocenters. The van der Waals surface area contributed by atoms with Crippen LogP contribution >= 0.6 is 11.3 Å². The zero-order chi connectivity index (χ0) is 19.8. The van der Waals surface area contributed by atoms with Crippen LogP contribution in [0.2, 0.25) is 0 Å². The Hall–Kier alpha value is -2.87. The van der Waals surface area contributed by atoms with Crippen molar-refractivity contribution in [1.29, 1.82) is 0 Å². The molecule has 2 rings (SSSR count). The lowest BCUT2D eigenvalue weighted by Gasteiger charge is -2.15. The third-order valence-corrected chi connectivity index (χ3v) is 4.71. The van der Waals surface area contributed by atoms with Gasteiger partial charge in [0.1, 0.15) is 0 Å². The minimum absolute atomic E-state index is 0.0709. The minimum Gasteiger partial charge on any atom is -0.481 e. The van der Waals surface area contributed by atoms with Crippen molar-refractivity contribution in [3.63, 3.8) is 0 Å². The van der Waals surface area contributed by atoms with Gasteiger partial charge in [-0.1, -0.05) is 32.0 Å². The molecule has 0 aliphatic heterocycles. The van der Waals surface area contributed by atoms with Crippen LogP contribution in [0.1, 0.15) is 29.9 Å². The summed E-state index contributed by atoms with van der Waals surface area (Å²) in [5, 5.41) is 17.8. The van der Waals surface area contributed by atoms with E-state index >= 15 is 0 Å². The van der Waals surface area contributed by atoms with Gasteiger partial charge >= 0.3 is 12.0 Å². The van der Waals surface area contributed by atoms with Gasteiger partial charge in [-0.25, -0.2) is 4.79 Å². The zero-order valence-electron chi connectivity index (χ0n) is 15.2. The second-order valence-corrected chi connectivity index (χ2v) is 7.57. The Balaban J connectivity index is 1.87. The first-order valence-electron chi connectivity index (χ1n) is 8.59. The molecule has 0 fully saturated rings. The topological polar surface area (TPSA) is 108 Å². The number of hydrogen-bond acceptors (Lipinski definition) is 4. The van der Waals surface area contributed by atoms with Crippen molar-refractivity contribution in [2.24, 2.45) is 11.8 Å². The number of thiophene rings is 1. The lowest BCUT2D eigenvalue weighted by molar-refractivity contribution is -0.142. The Bertz CT molecular complexity index is 789. The number of hydrogen-bond donors (Lipinski definition) is 4. The smallest absolute Gasteiger partial charge is 0.324 e. The standard InChI is InChI=1S/C19H23N3O4S/c1-12(2)10-13(18(24)25)11-20-17(23)15-8-9-16(27-15)22-19(26)21-14-6-4-3-5-7-14/h3-9,12-13H,10-11H2,1-2H3,(H,20,23)(H,24,25)(H2,21,22,26). The number of carboxylic acid groups (broad SMARTS) is 1. The van der Waals surface area contributed by atoms with Crippen LogP contribution in [-0.2, 0) is 4.79 Å². The Morgan fingerprint density at radius 1 is 1.04 bits per heavy atom. The summed E-state index contributed by atoms with van der Waals surface area (Å²) in [4.78, 5) is 35.9. The number of urea groups is 1. The van der Waals surface area contributed by atoms with Crippen LogP contribution in [0.4, 0.5) is 15.5 Å². The van der Waals surface area contributed by atoms with E-state index in [1.54, 1.807) is 24.3 Å². The number of rotatable bonds is 8. The fraction of sp³-hybridized carbons (Fsp3) is 0.316. The largest absolute Gasteiger partial charge is 0.481 e. The molecule has 0 radical (unpaired) electrons. The van der Waals surface area contributed by atoms with E-state index in [0.717, 1.165) is 11.3 Å². The number of nitrogens with one attached hydrogen (secondary N) is 3. The van der Waals surface area contributed by atoms with E-state index in [-0.39, 0.29) is 18.4 Å². The van der Waals surface area contributed by atoms with E-state index in [1.165, 1.54) is 0 Å². The molecule has 0 saturated heterocycles. The highest BCUT2D eigenvalue weighted by atomic mass is 32.1. The molecule has 1 atom stereocenters. The number of aliphatic carboxylic acids is 1. The van der Waals surface area contributed by atoms with E-state index in [2.05, 4.69) is 16.0 Å². The summed E-state index contributed by atoms with van der Waals surface area (Å²) in [7, 11) is 0. The molecule has 27 heavy (non-hydrogen) atoms. The van der Waals surface area contributed by atoms with Gasteiger partial charge < -0.3 is 15.7 Å². The fourth-order valence-corrected chi connectivity index (χ4v) is 3.28. The number of amides is 3. The number of carboxylic acids is 1. The molecule has 2 aromatic rings. The molecule has 1 aromatic heterocycles. The molecule has 0 spiro atoms. The van der Waals surface area contributed by atoms with Crippen LogP contribution in [0.3, 0.4) is 0 Å². The fourth-order valence-electron chi connectivity index (χ4n) is 2.47. The molecule has 3 amide bonds. The second-order valence-electron chi connectivity index (χ2n) is 6.48. The van der Waals surface area contributed by atoms with E-state index < -0.39 is 17.9 Å². The second kappa shape index (κ2) is 9.72. The third kappa shape index (κ3) is 6.74. The molecule has 8 heteroatoms. The number of carbonyl (C=O) groups is 3. The Kier molecular flexibility index (Phi) is 7.36. The van der Waals surface area contributed by atoms with Gasteiger partial charge in [0.25, 0.3) is 5.91 Å². The molecule has 0 saturated carbocycles. The molecule has 144 valence electrons. The molecule has 0 aliphatic rings. The quantitative estimate of drug-likeness (QED) is 0.550. The first-order valence-corrected chi connectivity index (χ1v) is 9.40. The van der Waals surface area contributed by atoms with Crippen LogP contribution < -0.4 is 16.0 Å². The van der Waals surface area contributed by atoms with Gasteiger partial charge in [0.15, 0.2) is 0 Å². The van der Waals surface area contributed by atoms with Crippen LogP contribution in [-0.4, -0.2) is 29.6 Å². The molecular weight excluding hydrogens is 366 g/mol. The highest BCUT2D eigenvalue weighted by Gasteiger charge is 2.20. The summed E-state index contributed by atoms with van der Waals surface area (Å²) in [6.07, 6.45) is 0.493. The third-order valence-electron chi connectivity index (χ3n) is 3.71. The zero-order valence-corrected chi connectivity index (χ0v) is 16.0. The average Bonchev–Trinajstić information content (AvgIpc) is 3.07. The van der Waals surface area contributed by atoms with Crippen LogP contribution in [0, 0.1) is 11.8 Å². The van der Waals surface area contributed by atoms with Crippen molar-refractivity contribution in [2.45, 2.75) is 20.3 Å². The van der Waals surface area contributed by atoms with Gasteiger partial charge in [-0.3, -0.25) is 14.9 Å². The van der Waals surface area contributed by atoms with E-state index in [4.69, 9.17) is 0 Å². The first kappa shape index (κ1) is 20.4. The maximum atomic E-state index is 12.2. The molecule has 4 N–H and O–H groups in total. The summed E-state index contributed by atoms with van der Waals surface area (Å²) in [6, 6.07) is 11.8. The van der Waals surface area contributed by atoms with Crippen molar-refractivity contribution in [3.05, 3.63) is 47.3 Å². The molecular formula is C19H23N3O4S. The molecule has 1 aromatic carbocycles. The van der Waals surface area contributed by atoms with Crippen molar-refractivity contribution in [1.82, 2.24) is 5.32 Å². The van der Waals surface area contributed by atoms with Gasteiger partial charge in [0.05, 0.1) is 15.8 Å². The summed E-state index contributed by atoms with van der Waals surface area (Å²) in [5.41, 5.74) is 0.661. The van der Waals surface area contributed by atoms with Crippen LogP contribution in [0.5, 0.6) is 0 Å².